The van der Waals surface area contributed by atoms with Gasteiger partial charge >= 0.3 is 17.9 Å². The number of hydrogen-bond acceptors (Lipinski definition) is 6. The van der Waals surface area contributed by atoms with Crippen molar-refractivity contribution in [2.45, 2.75) is 26.3 Å². The number of benzene rings is 1. The highest BCUT2D eigenvalue weighted by molar-refractivity contribution is 5.98. The van der Waals surface area contributed by atoms with Crippen molar-refractivity contribution in [1.29, 1.82) is 0 Å². The molecule has 0 saturated carbocycles. The van der Waals surface area contributed by atoms with E-state index in [0.717, 1.165) is 24.3 Å². The average Bonchev–Trinajstić information content (AvgIpc) is 2.58. The van der Waals surface area contributed by atoms with Gasteiger partial charge in [0.05, 0.1) is 25.6 Å². The number of halogens is 1. The van der Waals surface area contributed by atoms with Crippen molar-refractivity contribution in [3.63, 3.8) is 0 Å². The van der Waals surface area contributed by atoms with Crippen LogP contribution in [0.3, 0.4) is 0 Å². The van der Waals surface area contributed by atoms with E-state index in [0.29, 0.717) is 0 Å². The molecule has 0 bridgehead atoms. The molecule has 0 heterocycles. The Kier molecular flexibility index (Phi) is 8.20. The van der Waals surface area contributed by atoms with Gasteiger partial charge in [-0.15, -0.1) is 0 Å². The number of rotatable bonds is 9. The molecule has 0 aliphatic heterocycles. The molecule has 142 valence electrons. The van der Waals surface area contributed by atoms with E-state index in [9.17, 15) is 28.7 Å². The molecule has 9 heteroatoms. The summed E-state index contributed by atoms with van der Waals surface area (Å²) in [5, 5.41) is 11.6. The third-order valence-corrected chi connectivity index (χ3v) is 3.34. The molecule has 0 fully saturated rings. The lowest BCUT2D eigenvalue weighted by molar-refractivity contribution is -0.159. The van der Waals surface area contributed by atoms with Gasteiger partial charge in [-0.2, -0.15) is 0 Å². The summed E-state index contributed by atoms with van der Waals surface area (Å²) >= 11 is 0. The lowest BCUT2D eigenvalue weighted by Crippen LogP contribution is -2.49. The van der Waals surface area contributed by atoms with Crippen LogP contribution in [0, 0.1) is 11.7 Å². The summed E-state index contributed by atoms with van der Waals surface area (Å²) < 4.78 is 22.5. The summed E-state index contributed by atoms with van der Waals surface area (Å²) in [7, 11) is 0. The van der Waals surface area contributed by atoms with Crippen LogP contribution in [0.25, 0.3) is 0 Å². The van der Waals surface area contributed by atoms with Gasteiger partial charge in [0.1, 0.15) is 11.9 Å². The number of carbonyl (C=O) groups excluding carboxylic acids is 3. The van der Waals surface area contributed by atoms with Crippen molar-refractivity contribution in [2.24, 2.45) is 5.92 Å². The Balaban J connectivity index is 3.03. The fourth-order valence-electron chi connectivity index (χ4n) is 2.15. The Hall–Kier alpha value is -2.97. The number of carbonyl (C=O) groups is 4. The van der Waals surface area contributed by atoms with Crippen LogP contribution >= 0.6 is 0 Å². The second-order valence-corrected chi connectivity index (χ2v) is 5.16. The highest BCUT2D eigenvalue weighted by Crippen LogP contribution is 2.15. The van der Waals surface area contributed by atoms with Crippen LogP contribution in [0.15, 0.2) is 24.3 Å². The average molecular weight is 369 g/mol. The molecule has 2 atom stereocenters. The molecule has 26 heavy (non-hydrogen) atoms. The third-order valence-electron chi connectivity index (χ3n) is 3.34. The molecule has 1 amide bonds. The zero-order valence-corrected chi connectivity index (χ0v) is 14.4. The molecule has 2 N–H and O–H groups in total. The van der Waals surface area contributed by atoms with E-state index in [2.05, 4.69) is 5.32 Å². The topological polar surface area (TPSA) is 119 Å². The zero-order chi connectivity index (χ0) is 19.7. The third kappa shape index (κ3) is 6.15. The molecule has 0 aliphatic carbocycles. The van der Waals surface area contributed by atoms with Gasteiger partial charge < -0.3 is 19.9 Å². The SMILES string of the molecule is CCOC(=O)C[C@@H](C(=O)OCC)[C@H](NC(=O)c1ccc(F)cc1)C(=O)O. The van der Waals surface area contributed by atoms with Crippen LogP contribution in [-0.2, 0) is 23.9 Å². The van der Waals surface area contributed by atoms with E-state index in [4.69, 9.17) is 9.47 Å². The van der Waals surface area contributed by atoms with E-state index in [1.807, 2.05) is 0 Å². The molecule has 8 nitrogen and oxygen atoms in total. The molecule has 1 aromatic carbocycles. The quantitative estimate of drug-likeness (QED) is 0.627. The minimum atomic E-state index is -1.73. The van der Waals surface area contributed by atoms with E-state index in [-0.39, 0.29) is 18.8 Å². The van der Waals surface area contributed by atoms with Crippen LogP contribution in [-0.4, -0.2) is 48.2 Å². The van der Waals surface area contributed by atoms with Crippen LogP contribution in [0.4, 0.5) is 4.39 Å². The Morgan fingerprint density at radius 2 is 1.65 bits per heavy atom. The fraction of sp³-hybridized carbons (Fsp3) is 0.412. The monoisotopic (exact) mass is 369 g/mol. The molecule has 0 aromatic heterocycles. The maximum atomic E-state index is 12.9. The highest BCUT2D eigenvalue weighted by atomic mass is 19.1. The smallest absolute Gasteiger partial charge is 0.327 e. The second kappa shape index (κ2) is 10.1. The number of esters is 2. The molecule has 0 aliphatic rings. The van der Waals surface area contributed by atoms with E-state index in [1.54, 1.807) is 6.92 Å². The van der Waals surface area contributed by atoms with E-state index >= 15 is 0 Å². The Bertz CT molecular complexity index is 660. The normalized spacial score (nSPS) is 12.6. The van der Waals surface area contributed by atoms with Crippen molar-refractivity contribution >= 4 is 23.8 Å². The molecule has 1 aromatic rings. The maximum Gasteiger partial charge on any atom is 0.327 e. The number of ether oxygens (including phenoxy) is 2. The van der Waals surface area contributed by atoms with E-state index in [1.165, 1.54) is 6.92 Å². The van der Waals surface area contributed by atoms with Gasteiger partial charge in [-0.1, -0.05) is 0 Å². The fourth-order valence-corrected chi connectivity index (χ4v) is 2.15. The Labute approximate surface area is 149 Å². The van der Waals surface area contributed by atoms with Gasteiger partial charge in [-0.25, -0.2) is 9.18 Å². The van der Waals surface area contributed by atoms with Crippen molar-refractivity contribution in [3.05, 3.63) is 35.6 Å². The minimum absolute atomic E-state index is 0.00334. The standard InChI is InChI=1S/C17H20FNO7/c1-3-25-13(20)9-12(17(24)26-4-2)14(16(22)23)19-15(21)10-5-7-11(18)8-6-10/h5-8,12,14H,3-4,9H2,1-2H3,(H,19,21)(H,22,23)/t12-,14+/m1/s1. The first-order chi connectivity index (χ1) is 12.3. The summed E-state index contributed by atoms with van der Waals surface area (Å²) in [5.74, 6) is -6.16. The van der Waals surface area contributed by atoms with Gasteiger partial charge in [0, 0.05) is 5.56 Å². The minimum Gasteiger partial charge on any atom is -0.480 e. The Morgan fingerprint density at radius 1 is 1.08 bits per heavy atom. The van der Waals surface area contributed by atoms with Crippen molar-refractivity contribution in [2.75, 3.05) is 13.2 Å². The Morgan fingerprint density at radius 3 is 2.15 bits per heavy atom. The first-order valence-corrected chi connectivity index (χ1v) is 7.91. The predicted molar refractivity (Wildman–Crippen MR) is 86.7 cm³/mol. The van der Waals surface area contributed by atoms with Crippen molar-refractivity contribution in [1.82, 2.24) is 5.32 Å². The van der Waals surface area contributed by atoms with Crippen LogP contribution in [0.5, 0.6) is 0 Å². The molecular weight excluding hydrogens is 349 g/mol. The van der Waals surface area contributed by atoms with Gasteiger partial charge in [0.15, 0.2) is 0 Å². The summed E-state index contributed by atoms with van der Waals surface area (Å²) in [6.45, 7) is 3.10. The van der Waals surface area contributed by atoms with Crippen LogP contribution < -0.4 is 5.32 Å². The van der Waals surface area contributed by atoms with Crippen LogP contribution in [0.1, 0.15) is 30.6 Å². The molecule has 0 radical (unpaired) electrons. The highest BCUT2D eigenvalue weighted by Gasteiger charge is 2.38. The van der Waals surface area contributed by atoms with Crippen LogP contribution in [0.2, 0.25) is 0 Å². The second-order valence-electron chi connectivity index (χ2n) is 5.16. The molecular formula is C17H20FNO7. The summed E-state index contributed by atoms with van der Waals surface area (Å²) in [6, 6.07) is 2.66. The van der Waals surface area contributed by atoms with Crippen molar-refractivity contribution < 1.29 is 38.1 Å². The lowest BCUT2D eigenvalue weighted by atomic mass is 9.95. The summed E-state index contributed by atoms with van der Waals surface area (Å²) in [6.07, 6.45) is -0.576. The number of carboxylic acid groups (broad SMARTS) is 1. The number of carboxylic acids is 1. The van der Waals surface area contributed by atoms with Crippen molar-refractivity contribution in [3.8, 4) is 0 Å². The lowest BCUT2D eigenvalue weighted by Gasteiger charge is -2.22. The molecule has 0 unspecified atom stereocenters. The number of hydrogen-bond donors (Lipinski definition) is 2. The van der Waals surface area contributed by atoms with E-state index < -0.39 is 48.0 Å². The number of nitrogens with one attached hydrogen (secondary N) is 1. The van der Waals surface area contributed by atoms with Gasteiger partial charge in [0.2, 0.25) is 0 Å². The largest absolute Gasteiger partial charge is 0.480 e. The maximum absolute atomic E-state index is 12.9. The first-order valence-electron chi connectivity index (χ1n) is 7.91. The van der Waals surface area contributed by atoms with Gasteiger partial charge in [0.25, 0.3) is 5.91 Å². The zero-order valence-electron chi connectivity index (χ0n) is 14.4. The summed E-state index contributed by atoms with van der Waals surface area (Å²) in [4.78, 5) is 47.6. The number of aliphatic carboxylic acids is 1. The summed E-state index contributed by atoms with van der Waals surface area (Å²) in [5.41, 5.74) is -0.00334. The molecule has 0 spiro atoms. The first kappa shape index (κ1) is 21.1. The van der Waals surface area contributed by atoms with Gasteiger partial charge in [-0.3, -0.25) is 14.4 Å². The van der Waals surface area contributed by atoms with Gasteiger partial charge in [-0.05, 0) is 38.1 Å². The predicted octanol–water partition coefficient (Wildman–Crippen LogP) is 1.14. The molecule has 0 saturated heterocycles. The number of amides is 1. The molecule has 1 rings (SSSR count).